The van der Waals surface area contributed by atoms with Crippen LogP contribution in [0.5, 0.6) is 5.88 Å². The van der Waals surface area contributed by atoms with Gasteiger partial charge in [-0.25, -0.2) is 9.97 Å². The number of amides is 2. The van der Waals surface area contributed by atoms with Gasteiger partial charge < -0.3 is 19.6 Å². The Balaban J connectivity index is 1.23. The minimum atomic E-state index is -4.68. The topological polar surface area (TPSA) is 126 Å². The largest absolute Gasteiger partial charge is 0.492 e. The van der Waals surface area contributed by atoms with Crippen LogP contribution in [0, 0.1) is 28.6 Å². The van der Waals surface area contributed by atoms with Crippen LogP contribution >= 0.6 is 0 Å². The predicted octanol–water partition coefficient (Wildman–Crippen LogP) is 5.15. The quantitative estimate of drug-likeness (QED) is 0.280. The Kier molecular flexibility index (Phi) is 9.18. The lowest BCUT2D eigenvalue weighted by molar-refractivity contribution is -0.205. The Hall–Kier alpha value is -4.50. The van der Waals surface area contributed by atoms with Crippen molar-refractivity contribution in [1.29, 1.82) is 0 Å². The Morgan fingerprint density at radius 1 is 1.04 bits per heavy atom. The summed E-state index contributed by atoms with van der Waals surface area (Å²) in [5, 5.41) is 9.52. The van der Waals surface area contributed by atoms with Crippen molar-refractivity contribution in [3.05, 3.63) is 65.9 Å². The second-order valence-corrected chi connectivity index (χ2v) is 13.6. The molecule has 2 aliphatic heterocycles. The number of hydrogen-bond acceptors (Lipinski definition) is 8. The molecule has 16 heteroatoms. The lowest BCUT2D eigenvalue weighted by Crippen LogP contribution is -2.64. The smallest absolute Gasteiger partial charge is 0.403 e. The number of nitrogens with zero attached hydrogens (tertiary/aromatic N) is 5. The van der Waals surface area contributed by atoms with E-state index in [9.17, 15) is 45.8 Å². The molecule has 0 bridgehead atoms. The van der Waals surface area contributed by atoms with Gasteiger partial charge >= 0.3 is 18.3 Å². The molecule has 4 aliphatic rings. The molecular formula is C34H35F6N5O5. The number of aromatic hydroxyl groups is 1. The van der Waals surface area contributed by atoms with Crippen LogP contribution in [0.25, 0.3) is 5.57 Å². The summed E-state index contributed by atoms with van der Waals surface area (Å²) in [5.41, 5.74) is -1.86. The van der Waals surface area contributed by atoms with E-state index < -0.39 is 58.7 Å². The SMILES string of the molecule is CCOC(=O)C(Cc1cccc(C2=CCC(C(F)(F)F)C=C2)n1)CC1CN(C(=O)c2cnc(O)cn2)CC12CN(C(=O)C1(C(F)(F)F)CC1)C2. The van der Waals surface area contributed by atoms with Crippen molar-refractivity contribution in [1.82, 2.24) is 24.8 Å². The number of ether oxygens (including phenoxy) is 1. The summed E-state index contributed by atoms with van der Waals surface area (Å²) in [5.74, 6) is -5.28. The second kappa shape index (κ2) is 13.0. The molecule has 1 saturated carbocycles. The summed E-state index contributed by atoms with van der Waals surface area (Å²) in [6.45, 7) is 1.83. The third-order valence-electron chi connectivity index (χ3n) is 10.2. The summed E-state index contributed by atoms with van der Waals surface area (Å²) in [6.07, 6.45) is -3.55. The average Bonchev–Trinajstić information content (AvgIpc) is 3.80. The first-order valence-electron chi connectivity index (χ1n) is 16.3. The Morgan fingerprint density at radius 3 is 2.34 bits per heavy atom. The summed E-state index contributed by atoms with van der Waals surface area (Å²) in [4.78, 5) is 54.9. The first-order valence-corrected chi connectivity index (χ1v) is 16.3. The van der Waals surface area contributed by atoms with Crippen LogP contribution < -0.4 is 0 Å². The Labute approximate surface area is 283 Å². The number of carbonyl (C=O) groups is 3. The lowest BCUT2D eigenvalue weighted by atomic mass is 9.68. The number of allylic oxidation sites excluding steroid dienone is 4. The summed E-state index contributed by atoms with van der Waals surface area (Å²) in [6, 6.07) is 5.02. The molecule has 6 rings (SSSR count). The number of hydrogen-bond donors (Lipinski definition) is 1. The van der Waals surface area contributed by atoms with E-state index in [1.165, 1.54) is 22.0 Å². The normalized spacial score (nSPS) is 22.9. The number of rotatable bonds is 9. The van der Waals surface area contributed by atoms with E-state index in [1.54, 1.807) is 25.1 Å². The summed E-state index contributed by atoms with van der Waals surface area (Å²) < 4.78 is 86.3. The van der Waals surface area contributed by atoms with Crippen LogP contribution in [0.15, 0.2) is 48.8 Å². The van der Waals surface area contributed by atoms with Gasteiger partial charge in [-0.05, 0) is 56.2 Å². The molecule has 1 spiro atoms. The van der Waals surface area contributed by atoms with Gasteiger partial charge in [-0.15, -0.1) is 0 Å². The molecule has 2 aliphatic carbocycles. The maximum absolute atomic E-state index is 13.8. The molecular weight excluding hydrogens is 672 g/mol. The maximum Gasteiger partial charge on any atom is 0.403 e. The zero-order chi connectivity index (χ0) is 36.1. The van der Waals surface area contributed by atoms with Crippen molar-refractivity contribution in [2.45, 2.75) is 51.4 Å². The van der Waals surface area contributed by atoms with Gasteiger partial charge in [0.2, 0.25) is 11.8 Å². The fraction of sp³-hybridized carbons (Fsp3) is 0.529. The van der Waals surface area contributed by atoms with Crippen molar-refractivity contribution < 1.29 is 50.6 Å². The van der Waals surface area contributed by atoms with Crippen LogP contribution in [-0.4, -0.2) is 92.8 Å². The van der Waals surface area contributed by atoms with Crippen molar-refractivity contribution in [2.24, 2.45) is 28.6 Å². The van der Waals surface area contributed by atoms with Crippen LogP contribution in [0.3, 0.4) is 0 Å². The van der Waals surface area contributed by atoms with Gasteiger partial charge in [0.05, 0.1) is 36.5 Å². The number of likely N-dealkylation sites (tertiary alicyclic amines) is 2. The number of aromatic nitrogens is 3. The van der Waals surface area contributed by atoms with E-state index in [0.29, 0.717) is 17.0 Å². The molecule has 0 radical (unpaired) electrons. The van der Waals surface area contributed by atoms with Crippen LogP contribution in [-0.2, 0) is 20.7 Å². The van der Waals surface area contributed by atoms with E-state index in [1.807, 2.05) is 0 Å². The summed E-state index contributed by atoms with van der Waals surface area (Å²) in [7, 11) is 0. The van der Waals surface area contributed by atoms with Crippen molar-refractivity contribution >= 4 is 23.4 Å². The number of alkyl halides is 6. The third-order valence-corrected chi connectivity index (χ3v) is 10.2. The first-order chi connectivity index (χ1) is 23.5. The number of pyridine rings is 1. The van der Waals surface area contributed by atoms with Gasteiger partial charge in [0.1, 0.15) is 11.1 Å². The highest BCUT2D eigenvalue weighted by atomic mass is 19.4. The lowest BCUT2D eigenvalue weighted by Gasteiger charge is -2.52. The first kappa shape index (κ1) is 35.3. The minimum Gasteiger partial charge on any atom is -0.492 e. The highest BCUT2D eigenvalue weighted by Gasteiger charge is 2.71. The average molecular weight is 708 g/mol. The van der Waals surface area contributed by atoms with Crippen LogP contribution in [0.1, 0.15) is 54.5 Å². The van der Waals surface area contributed by atoms with E-state index in [4.69, 9.17) is 4.74 Å². The fourth-order valence-electron chi connectivity index (χ4n) is 7.29. The van der Waals surface area contributed by atoms with Crippen molar-refractivity contribution in [3.8, 4) is 5.88 Å². The summed E-state index contributed by atoms with van der Waals surface area (Å²) >= 11 is 0. The van der Waals surface area contributed by atoms with Gasteiger partial charge in [0.15, 0.2) is 0 Å². The molecule has 4 heterocycles. The minimum absolute atomic E-state index is 0.0396. The molecule has 3 fully saturated rings. The Morgan fingerprint density at radius 2 is 1.76 bits per heavy atom. The van der Waals surface area contributed by atoms with E-state index in [-0.39, 0.29) is 76.5 Å². The van der Waals surface area contributed by atoms with Crippen LogP contribution in [0.2, 0.25) is 0 Å². The van der Waals surface area contributed by atoms with E-state index in [2.05, 4.69) is 15.0 Å². The predicted molar refractivity (Wildman–Crippen MR) is 164 cm³/mol. The molecule has 50 heavy (non-hydrogen) atoms. The molecule has 2 aromatic heterocycles. The number of esters is 1. The molecule has 0 aromatic carbocycles. The van der Waals surface area contributed by atoms with E-state index in [0.717, 1.165) is 18.5 Å². The zero-order valence-corrected chi connectivity index (χ0v) is 27.0. The molecule has 1 N–H and O–H groups in total. The van der Waals surface area contributed by atoms with Gasteiger partial charge in [0.25, 0.3) is 5.91 Å². The highest BCUT2D eigenvalue weighted by molar-refractivity contribution is 5.92. The molecule has 2 saturated heterocycles. The highest BCUT2D eigenvalue weighted by Crippen LogP contribution is 2.60. The standard InChI is InChI=1S/C34H35F6N5O5/c1-2-50-29(48)21(13-24-4-3-5-25(43-24)20-6-8-22(9-7-20)33(35,36)37)12-23-16-44(28(47)26-14-42-27(46)15-41-26)17-31(23)18-45(19-31)30(49)32(10-11-32)34(38,39)40/h3-8,14-15,21-23H,2,9-13,16-19H2,1H3,(H,42,46). The van der Waals surface area contributed by atoms with E-state index >= 15 is 0 Å². The number of carbonyl (C=O) groups excluding carboxylic acids is 3. The van der Waals surface area contributed by atoms with Gasteiger partial charge in [0, 0.05) is 43.7 Å². The van der Waals surface area contributed by atoms with Crippen LogP contribution in [0.4, 0.5) is 26.3 Å². The molecule has 3 unspecified atom stereocenters. The van der Waals surface area contributed by atoms with Gasteiger partial charge in [-0.1, -0.05) is 24.3 Å². The van der Waals surface area contributed by atoms with Gasteiger partial charge in [-0.3, -0.25) is 19.4 Å². The third kappa shape index (κ3) is 6.80. The molecule has 10 nitrogen and oxygen atoms in total. The second-order valence-electron chi connectivity index (χ2n) is 13.6. The molecule has 268 valence electrons. The molecule has 2 aromatic rings. The maximum atomic E-state index is 13.8. The molecule has 2 amide bonds. The van der Waals surface area contributed by atoms with Gasteiger partial charge in [-0.2, -0.15) is 26.3 Å². The monoisotopic (exact) mass is 707 g/mol. The van der Waals surface area contributed by atoms with Crippen molar-refractivity contribution in [2.75, 3.05) is 32.8 Å². The molecule has 3 atom stereocenters. The van der Waals surface area contributed by atoms with Crippen molar-refractivity contribution in [3.63, 3.8) is 0 Å². The fourth-order valence-corrected chi connectivity index (χ4v) is 7.29. The Bertz CT molecular complexity index is 1700. The number of halogens is 6. The zero-order valence-electron chi connectivity index (χ0n) is 27.0.